The van der Waals surface area contributed by atoms with Gasteiger partial charge in [0, 0.05) is 18.3 Å². The number of aromatic nitrogens is 2. The van der Waals surface area contributed by atoms with Gasteiger partial charge in [0.1, 0.15) is 0 Å². The maximum absolute atomic E-state index is 12.6. The van der Waals surface area contributed by atoms with E-state index in [4.69, 9.17) is 0 Å². The van der Waals surface area contributed by atoms with E-state index in [1.54, 1.807) is 7.05 Å². The van der Waals surface area contributed by atoms with Crippen molar-refractivity contribution in [3.8, 4) is 11.1 Å². The van der Waals surface area contributed by atoms with Crippen LogP contribution in [-0.4, -0.2) is 28.4 Å². The van der Waals surface area contributed by atoms with E-state index in [9.17, 15) is 4.79 Å². The summed E-state index contributed by atoms with van der Waals surface area (Å²) in [7, 11) is 1.80. The maximum atomic E-state index is 12.6. The van der Waals surface area contributed by atoms with Crippen molar-refractivity contribution in [3.63, 3.8) is 0 Å². The minimum absolute atomic E-state index is 0.0606. The van der Waals surface area contributed by atoms with Crippen molar-refractivity contribution in [2.45, 2.75) is 16.5 Å². The fourth-order valence-electron chi connectivity index (χ4n) is 2.26. The lowest BCUT2D eigenvalue weighted by molar-refractivity contribution is -0.115. The third-order valence-electron chi connectivity index (χ3n) is 3.54. The molecule has 3 rings (SSSR count). The lowest BCUT2D eigenvalue weighted by atomic mass is 10.0. The van der Waals surface area contributed by atoms with Gasteiger partial charge in [-0.05, 0) is 18.6 Å². The van der Waals surface area contributed by atoms with Gasteiger partial charge in [0.15, 0.2) is 4.34 Å². The number of nitrogens with zero attached hydrogens (tertiary/aromatic N) is 2. The normalized spacial score (nSPS) is 11.8. The number of anilines is 2. The van der Waals surface area contributed by atoms with Crippen molar-refractivity contribution < 1.29 is 4.79 Å². The zero-order chi connectivity index (χ0) is 17.6. The molecule has 2 aromatic carbocycles. The SMILES string of the molecule is CNc1nnc(S[C@@H](C)C(=O)Nc2ccccc2-c2ccccc2)s1. The van der Waals surface area contributed by atoms with Crippen molar-refractivity contribution in [1.82, 2.24) is 10.2 Å². The highest BCUT2D eigenvalue weighted by Crippen LogP contribution is 2.31. The van der Waals surface area contributed by atoms with Gasteiger partial charge in [-0.15, -0.1) is 10.2 Å². The molecule has 0 aliphatic rings. The Morgan fingerprint density at radius 2 is 1.80 bits per heavy atom. The number of rotatable bonds is 6. The monoisotopic (exact) mass is 370 g/mol. The first-order valence-electron chi connectivity index (χ1n) is 7.80. The van der Waals surface area contributed by atoms with E-state index in [1.165, 1.54) is 23.1 Å². The number of benzene rings is 2. The van der Waals surface area contributed by atoms with Crippen molar-refractivity contribution in [3.05, 3.63) is 54.6 Å². The molecule has 2 N–H and O–H groups in total. The number of carbonyl (C=O) groups is 1. The predicted molar refractivity (Wildman–Crippen MR) is 105 cm³/mol. The molecule has 0 aliphatic heterocycles. The Morgan fingerprint density at radius 3 is 2.52 bits per heavy atom. The summed E-state index contributed by atoms with van der Waals surface area (Å²) in [6.45, 7) is 1.87. The van der Waals surface area contributed by atoms with Gasteiger partial charge < -0.3 is 10.6 Å². The number of thioether (sulfide) groups is 1. The number of hydrogen-bond donors (Lipinski definition) is 2. The van der Waals surface area contributed by atoms with Crippen LogP contribution in [0.2, 0.25) is 0 Å². The zero-order valence-corrected chi connectivity index (χ0v) is 15.5. The molecule has 0 bridgehead atoms. The lowest BCUT2D eigenvalue weighted by Gasteiger charge is -2.14. The molecule has 0 saturated carbocycles. The molecule has 0 unspecified atom stereocenters. The second kappa shape index (κ2) is 8.13. The van der Waals surface area contributed by atoms with Gasteiger partial charge in [-0.3, -0.25) is 4.79 Å². The summed E-state index contributed by atoms with van der Waals surface area (Å²) < 4.78 is 0.767. The molecule has 5 nitrogen and oxygen atoms in total. The highest BCUT2D eigenvalue weighted by Gasteiger charge is 2.18. The third kappa shape index (κ3) is 4.37. The molecular weight excluding hydrogens is 352 g/mol. The molecule has 0 aliphatic carbocycles. The van der Waals surface area contributed by atoms with E-state index in [0.717, 1.165) is 26.3 Å². The molecule has 0 radical (unpaired) electrons. The number of carbonyl (C=O) groups excluding carboxylic acids is 1. The van der Waals surface area contributed by atoms with Crippen LogP contribution in [0.1, 0.15) is 6.92 Å². The first-order chi connectivity index (χ1) is 12.2. The second-order valence-electron chi connectivity index (χ2n) is 5.28. The van der Waals surface area contributed by atoms with E-state index in [0.29, 0.717) is 0 Å². The third-order valence-corrected chi connectivity index (χ3v) is 5.66. The summed E-state index contributed by atoms with van der Waals surface area (Å²) in [5, 5.41) is 14.5. The highest BCUT2D eigenvalue weighted by atomic mass is 32.2. The fourth-order valence-corrected chi connectivity index (χ4v) is 4.11. The first kappa shape index (κ1) is 17.4. The van der Waals surface area contributed by atoms with Gasteiger partial charge in [0.25, 0.3) is 0 Å². The van der Waals surface area contributed by atoms with E-state index >= 15 is 0 Å². The van der Waals surface area contributed by atoms with Crippen LogP contribution in [0.3, 0.4) is 0 Å². The maximum Gasteiger partial charge on any atom is 0.237 e. The molecule has 128 valence electrons. The molecule has 1 aromatic heterocycles. The van der Waals surface area contributed by atoms with Crippen LogP contribution < -0.4 is 10.6 Å². The summed E-state index contributed by atoms with van der Waals surface area (Å²) >= 11 is 2.84. The fraction of sp³-hybridized carbons (Fsp3) is 0.167. The molecule has 7 heteroatoms. The molecule has 0 saturated heterocycles. The average Bonchev–Trinajstić information content (AvgIpc) is 3.10. The summed E-state index contributed by atoms with van der Waals surface area (Å²) in [6.07, 6.45) is 0. The van der Waals surface area contributed by atoms with Crippen LogP contribution in [0.25, 0.3) is 11.1 Å². The minimum atomic E-state index is -0.276. The summed E-state index contributed by atoms with van der Waals surface area (Å²) in [5.41, 5.74) is 2.88. The van der Waals surface area contributed by atoms with Gasteiger partial charge in [0.2, 0.25) is 11.0 Å². The first-order valence-corrected chi connectivity index (χ1v) is 9.50. The zero-order valence-electron chi connectivity index (χ0n) is 13.9. The quantitative estimate of drug-likeness (QED) is 0.631. The van der Waals surface area contributed by atoms with Crippen LogP contribution in [0.15, 0.2) is 58.9 Å². The smallest absolute Gasteiger partial charge is 0.237 e. The Kier molecular flexibility index (Phi) is 5.67. The van der Waals surface area contributed by atoms with Crippen LogP contribution in [0.5, 0.6) is 0 Å². The Bertz CT molecular complexity index is 851. The summed E-state index contributed by atoms with van der Waals surface area (Å²) in [6, 6.07) is 17.8. The molecule has 1 heterocycles. The number of nitrogens with one attached hydrogen (secondary N) is 2. The Morgan fingerprint density at radius 1 is 1.08 bits per heavy atom. The van der Waals surface area contributed by atoms with E-state index in [1.807, 2.05) is 61.5 Å². The molecule has 0 fully saturated rings. The van der Waals surface area contributed by atoms with Crippen molar-refractivity contribution in [2.75, 3.05) is 17.7 Å². The van der Waals surface area contributed by atoms with Crippen LogP contribution in [-0.2, 0) is 4.79 Å². The molecule has 0 spiro atoms. The number of hydrogen-bond acceptors (Lipinski definition) is 6. The Hall–Kier alpha value is -2.38. The molecule has 1 amide bonds. The van der Waals surface area contributed by atoms with Crippen LogP contribution in [0.4, 0.5) is 10.8 Å². The molecule has 3 aromatic rings. The van der Waals surface area contributed by atoms with Crippen LogP contribution >= 0.6 is 23.1 Å². The topological polar surface area (TPSA) is 66.9 Å². The standard InChI is InChI=1S/C18H18N4OS2/c1-12(24-18-22-21-17(19-2)25-18)16(23)20-15-11-7-6-10-14(15)13-8-4-3-5-9-13/h3-12H,1-2H3,(H,19,21)(H,20,23)/t12-/m0/s1. The van der Waals surface area contributed by atoms with Gasteiger partial charge in [-0.25, -0.2) is 0 Å². The Balaban J connectivity index is 1.72. The van der Waals surface area contributed by atoms with Crippen molar-refractivity contribution in [1.29, 1.82) is 0 Å². The second-order valence-corrected chi connectivity index (χ2v) is 7.85. The number of amides is 1. The van der Waals surface area contributed by atoms with E-state index < -0.39 is 0 Å². The molecule has 1 atom stereocenters. The largest absolute Gasteiger partial charge is 0.363 e. The lowest BCUT2D eigenvalue weighted by Crippen LogP contribution is -2.22. The summed E-state index contributed by atoms with van der Waals surface area (Å²) in [4.78, 5) is 12.6. The molecule has 25 heavy (non-hydrogen) atoms. The van der Waals surface area contributed by atoms with Gasteiger partial charge >= 0.3 is 0 Å². The highest BCUT2D eigenvalue weighted by molar-refractivity contribution is 8.02. The van der Waals surface area contributed by atoms with Gasteiger partial charge in [0.05, 0.1) is 5.25 Å². The summed E-state index contributed by atoms with van der Waals surface area (Å²) in [5.74, 6) is -0.0606. The van der Waals surface area contributed by atoms with Gasteiger partial charge in [-0.1, -0.05) is 71.6 Å². The minimum Gasteiger partial charge on any atom is -0.363 e. The molecular formula is C18H18N4OS2. The van der Waals surface area contributed by atoms with E-state index in [2.05, 4.69) is 20.8 Å². The number of para-hydroxylation sites is 1. The van der Waals surface area contributed by atoms with Crippen molar-refractivity contribution >= 4 is 39.8 Å². The van der Waals surface area contributed by atoms with E-state index in [-0.39, 0.29) is 11.2 Å². The van der Waals surface area contributed by atoms with Gasteiger partial charge in [-0.2, -0.15) is 0 Å². The average molecular weight is 371 g/mol. The van der Waals surface area contributed by atoms with Crippen LogP contribution in [0, 0.1) is 0 Å². The van der Waals surface area contributed by atoms with Crippen molar-refractivity contribution in [2.24, 2.45) is 0 Å². The predicted octanol–water partition coefficient (Wildman–Crippen LogP) is 4.37. The Labute approximate surface area is 154 Å².